The molecule has 1 aromatic heterocycles. The Morgan fingerprint density at radius 3 is 2.37 bits per heavy atom. The number of halogens is 1. The zero-order valence-corrected chi connectivity index (χ0v) is 15.3. The fourth-order valence-corrected chi connectivity index (χ4v) is 3.48. The van der Waals surface area contributed by atoms with Crippen molar-refractivity contribution in [1.29, 1.82) is 0 Å². The topological polar surface area (TPSA) is 78.4 Å². The maximum absolute atomic E-state index is 12.1. The number of nitrogens with zero attached hydrogens (tertiary/aromatic N) is 4. The Hall–Kier alpha value is -2.93. The number of aromatic nitrogens is 2. The molecule has 27 heavy (non-hydrogen) atoms. The number of piperazine rings is 1. The van der Waals surface area contributed by atoms with E-state index < -0.39 is 10.9 Å². The highest BCUT2D eigenvalue weighted by Crippen LogP contribution is 2.23. The van der Waals surface area contributed by atoms with Gasteiger partial charge in [-0.2, -0.15) is 0 Å². The third kappa shape index (κ3) is 3.50. The highest BCUT2D eigenvalue weighted by Gasteiger charge is 2.28. The molecule has 138 valence electrons. The van der Waals surface area contributed by atoms with Gasteiger partial charge in [0.1, 0.15) is 11.4 Å². The standard InChI is InChI=1S/C19H18ClN5O2/c20-14-4-1-3-13(11-14)12-23-15-16(18(27)17(15)26)24-7-9-25(10-8-24)19-21-5-2-6-22-19/h1-6,11,23H,7-10,12H2. The van der Waals surface area contributed by atoms with E-state index >= 15 is 0 Å². The van der Waals surface area contributed by atoms with Gasteiger partial charge in [-0.15, -0.1) is 0 Å². The molecule has 0 amide bonds. The van der Waals surface area contributed by atoms with E-state index in [0.717, 1.165) is 5.56 Å². The van der Waals surface area contributed by atoms with Gasteiger partial charge < -0.3 is 15.1 Å². The fraction of sp³-hybridized carbons (Fsp3) is 0.263. The third-order valence-corrected chi connectivity index (χ3v) is 4.91. The molecular weight excluding hydrogens is 366 g/mol. The van der Waals surface area contributed by atoms with E-state index in [4.69, 9.17) is 11.6 Å². The van der Waals surface area contributed by atoms with Crippen LogP contribution in [0, 0.1) is 0 Å². The Bertz CT molecular complexity index is 1010. The maximum atomic E-state index is 12.1. The second-order valence-electron chi connectivity index (χ2n) is 6.39. The van der Waals surface area contributed by atoms with Gasteiger partial charge in [0.05, 0.1) is 0 Å². The van der Waals surface area contributed by atoms with Crippen molar-refractivity contribution >= 4 is 28.9 Å². The van der Waals surface area contributed by atoms with Crippen LogP contribution in [0.2, 0.25) is 5.02 Å². The minimum atomic E-state index is -0.458. The zero-order chi connectivity index (χ0) is 18.8. The largest absolute Gasteiger partial charge is 0.376 e. The lowest BCUT2D eigenvalue weighted by molar-refractivity contribution is 0.637. The van der Waals surface area contributed by atoms with Gasteiger partial charge in [0, 0.05) is 50.1 Å². The van der Waals surface area contributed by atoms with Crippen LogP contribution in [-0.4, -0.2) is 36.1 Å². The molecule has 1 aliphatic rings. The van der Waals surface area contributed by atoms with Gasteiger partial charge in [-0.1, -0.05) is 23.7 Å². The van der Waals surface area contributed by atoms with Crippen LogP contribution in [0.1, 0.15) is 5.56 Å². The van der Waals surface area contributed by atoms with Crippen molar-refractivity contribution in [2.75, 3.05) is 41.3 Å². The van der Waals surface area contributed by atoms with E-state index in [2.05, 4.69) is 20.2 Å². The first-order valence-electron chi connectivity index (χ1n) is 8.72. The predicted molar refractivity (Wildman–Crippen MR) is 107 cm³/mol. The van der Waals surface area contributed by atoms with Gasteiger partial charge in [0.2, 0.25) is 5.95 Å². The smallest absolute Gasteiger partial charge is 0.253 e. The number of benzene rings is 1. The number of nitrogens with one attached hydrogen (secondary N) is 1. The van der Waals surface area contributed by atoms with Crippen LogP contribution < -0.4 is 26.0 Å². The zero-order valence-electron chi connectivity index (χ0n) is 14.6. The summed E-state index contributed by atoms with van der Waals surface area (Å²) in [6.45, 7) is 3.09. The molecule has 0 aliphatic carbocycles. The van der Waals surface area contributed by atoms with Crippen LogP contribution in [0.5, 0.6) is 0 Å². The molecule has 0 unspecified atom stereocenters. The Balaban J connectivity index is 1.44. The van der Waals surface area contributed by atoms with Gasteiger partial charge in [-0.05, 0) is 23.8 Å². The van der Waals surface area contributed by atoms with Crippen molar-refractivity contribution in [3.05, 3.63) is 73.8 Å². The highest BCUT2D eigenvalue weighted by molar-refractivity contribution is 6.30. The average molecular weight is 384 g/mol. The summed E-state index contributed by atoms with van der Waals surface area (Å²) in [6, 6.07) is 9.18. The average Bonchev–Trinajstić information content (AvgIpc) is 2.71. The minimum Gasteiger partial charge on any atom is -0.376 e. The van der Waals surface area contributed by atoms with Crippen molar-refractivity contribution in [1.82, 2.24) is 9.97 Å². The molecule has 1 fully saturated rings. The van der Waals surface area contributed by atoms with E-state index in [9.17, 15) is 9.59 Å². The van der Waals surface area contributed by atoms with Crippen LogP contribution in [0.4, 0.5) is 17.3 Å². The van der Waals surface area contributed by atoms with Gasteiger partial charge in [0.15, 0.2) is 0 Å². The summed E-state index contributed by atoms with van der Waals surface area (Å²) in [5.74, 6) is 0.682. The minimum absolute atomic E-state index is 0.393. The van der Waals surface area contributed by atoms with E-state index in [1.807, 2.05) is 23.1 Å². The molecule has 3 aromatic rings. The molecule has 8 heteroatoms. The molecule has 7 nitrogen and oxygen atoms in total. The monoisotopic (exact) mass is 383 g/mol. The van der Waals surface area contributed by atoms with Gasteiger partial charge in [0.25, 0.3) is 10.9 Å². The number of hydrogen-bond acceptors (Lipinski definition) is 7. The summed E-state index contributed by atoms with van der Waals surface area (Å²) in [4.78, 5) is 36.7. The van der Waals surface area contributed by atoms with Crippen LogP contribution in [-0.2, 0) is 6.54 Å². The van der Waals surface area contributed by atoms with Crippen LogP contribution >= 0.6 is 11.6 Å². The highest BCUT2D eigenvalue weighted by atomic mass is 35.5. The molecule has 2 aromatic carbocycles. The quantitative estimate of drug-likeness (QED) is 0.671. The Labute approximate surface area is 160 Å². The third-order valence-electron chi connectivity index (χ3n) is 4.67. The normalized spacial score (nSPS) is 14.6. The molecule has 0 atom stereocenters. The van der Waals surface area contributed by atoms with E-state index in [1.54, 1.807) is 24.5 Å². The fourth-order valence-electron chi connectivity index (χ4n) is 3.27. The summed E-state index contributed by atoms with van der Waals surface area (Å²) in [7, 11) is 0. The van der Waals surface area contributed by atoms with Crippen molar-refractivity contribution in [3.8, 4) is 0 Å². The number of anilines is 3. The second kappa shape index (κ2) is 7.36. The predicted octanol–water partition coefficient (Wildman–Crippen LogP) is 1.66. The van der Waals surface area contributed by atoms with E-state index in [1.165, 1.54) is 0 Å². The van der Waals surface area contributed by atoms with Crippen LogP contribution in [0.25, 0.3) is 0 Å². The molecule has 1 aliphatic heterocycles. The lowest BCUT2D eigenvalue weighted by Crippen LogP contribution is -2.52. The van der Waals surface area contributed by atoms with Crippen molar-refractivity contribution in [2.24, 2.45) is 0 Å². The van der Waals surface area contributed by atoms with Crippen LogP contribution in [0.15, 0.2) is 52.3 Å². The first-order valence-corrected chi connectivity index (χ1v) is 9.10. The SMILES string of the molecule is O=c1c(NCc2cccc(Cl)c2)c(N2CCN(c3ncccn3)CC2)c1=O. The lowest BCUT2D eigenvalue weighted by Gasteiger charge is -2.37. The first-order chi connectivity index (χ1) is 13.1. The molecule has 0 spiro atoms. The van der Waals surface area contributed by atoms with Crippen LogP contribution in [0.3, 0.4) is 0 Å². The summed E-state index contributed by atoms with van der Waals surface area (Å²) >= 11 is 5.99. The lowest BCUT2D eigenvalue weighted by atomic mass is 10.1. The molecular formula is C19H18ClN5O2. The first kappa shape index (κ1) is 17.5. The summed E-state index contributed by atoms with van der Waals surface area (Å²) in [5, 5.41) is 3.74. The number of hydrogen-bond donors (Lipinski definition) is 1. The van der Waals surface area contributed by atoms with E-state index in [0.29, 0.717) is 55.1 Å². The Morgan fingerprint density at radius 2 is 1.67 bits per heavy atom. The summed E-state index contributed by atoms with van der Waals surface area (Å²) in [5.41, 5.74) is 0.946. The molecule has 1 saturated heterocycles. The molecule has 2 heterocycles. The number of rotatable bonds is 5. The second-order valence-corrected chi connectivity index (χ2v) is 6.82. The molecule has 0 bridgehead atoms. The Kier molecular flexibility index (Phi) is 4.77. The maximum Gasteiger partial charge on any atom is 0.253 e. The van der Waals surface area contributed by atoms with Gasteiger partial charge >= 0.3 is 0 Å². The molecule has 1 N–H and O–H groups in total. The van der Waals surface area contributed by atoms with E-state index in [-0.39, 0.29) is 0 Å². The van der Waals surface area contributed by atoms with Gasteiger partial charge in [-0.3, -0.25) is 9.59 Å². The van der Waals surface area contributed by atoms with Crippen molar-refractivity contribution in [2.45, 2.75) is 6.54 Å². The molecule has 4 rings (SSSR count). The van der Waals surface area contributed by atoms with Crippen molar-refractivity contribution < 1.29 is 0 Å². The molecule has 0 saturated carbocycles. The summed E-state index contributed by atoms with van der Waals surface area (Å²) < 4.78 is 0. The summed E-state index contributed by atoms with van der Waals surface area (Å²) in [6.07, 6.45) is 3.42. The van der Waals surface area contributed by atoms with Gasteiger partial charge in [-0.25, -0.2) is 9.97 Å². The molecule has 0 radical (unpaired) electrons. The Morgan fingerprint density at radius 1 is 0.963 bits per heavy atom. The van der Waals surface area contributed by atoms with Crippen molar-refractivity contribution in [3.63, 3.8) is 0 Å².